The number of hydrogen-bond acceptors (Lipinski definition) is 2. The van der Waals surface area contributed by atoms with E-state index in [1.807, 2.05) is 24.3 Å². The lowest BCUT2D eigenvalue weighted by Crippen LogP contribution is -2.35. The molecule has 1 aromatic rings. The van der Waals surface area contributed by atoms with Crippen LogP contribution >= 0.6 is 11.6 Å². The number of nitrogens with two attached hydrogens (primary N) is 1. The van der Waals surface area contributed by atoms with Crippen LogP contribution in [0.2, 0.25) is 5.02 Å². The Kier molecular flexibility index (Phi) is 4.84. The molecule has 17 heavy (non-hydrogen) atoms. The van der Waals surface area contributed by atoms with Crippen LogP contribution in [0.5, 0.6) is 0 Å². The summed E-state index contributed by atoms with van der Waals surface area (Å²) in [6, 6.07) is 8.00. The summed E-state index contributed by atoms with van der Waals surface area (Å²) in [6.07, 6.45) is 6.07. The van der Waals surface area contributed by atoms with E-state index in [9.17, 15) is 0 Å². The maximum Gasteiger partial charge on any atom is 0.0735 e. The zero-order chi connectivity index (χ0) is 12.1. The molecule has 2 unspecified atom stereocenters. The van der Waals surface area contributed by atoms with Gasteiger partial charge in [-0.05, 0) is 24.5 Å². The highest BCUT2D eigenvalue weighted by molar-refractivity contribution is 6.31. The fourth-order valence-electron chi connectivity index (χ4n) is 2.32. The van der Waals surface area contributed by atoms with Gasteiger partial charge in [0.25, 0.3) is 0 Å². The molecule has 1 aliphatic rings. The molecule has 2 nitrogen and oxygen atoms in total. The lowest BCUT2D eigenvalue weighted by molar-refractivity contribution is 0.0195. The maximum atomic E-state index is 6.12. The van der Waals surface area contributed by atoms with Crippen molar-refractivity contribution in [3.63, 3.8) is 0 Å². The molecule has 2 N–H and O–H groups in total. The Morgan fingerprint density at radius 2 is 1.94 bits per heavy atom. The van der Waals surface area contributed by atoms with Crippen LogP contribution in [0.4, 0.5) is 0 Å². The predicted octanol–water partition coefficient (Wildman–Crippen LogP) is 3.52. The van der Waals surface area contributed by atoms with Crippen LogP contribution in [0.1, 0.15) is 37.7 Å². The SMILES string of the molecule is NC1CCCCCC1OCc1ccccc1Cl. The Balaban J connectivity index is 1.90. The minimum absolute atomic E-state index is 0.181. The van der Waals surface area contributed by atoms with Gasteiger partial charge < -0.3 is 10.5 Å². The van der Waals surface area contributed by atoms with E-state index < -0.39 is 0 Å². The predicted molar refractivity (Wildman–Crippen MR) is 71.1 cm³/mol. The molecule has 1 saturated carbocycles. The van der Waals surface area contributed by atoms with E-state index in [0.717, 1.165) is 23.4 Å². The summed E-state index contributed by atoms with van der Waals surface area (Å²) in [5, 5.41) is 0.773. The van der Waals surface area contributed by atoms with E-state index in [1.54, 1.807) is 0 Å². The molecule has 2 rings (SSSR count). The monoisotopic (exact) mass is 253 g/mol. The minimum atomic E-state index is 0.181. The minimum Gasteiger partial charge on any atom is -0.372 e. The van der Waals surface area contributed by atoms with Crippen molar-refractivity contribution >= 4 is 11.6 Å². The summed E-state index contributed by atoms with van der Waals surface area (Å²) in [5.74, 6) is 0. The molecule has 1 aliphatic carbocycles. The molecule has 3 heteroatoms. The van der Waals surface area contributed by atoms with Gasteiger partial charge in [0, 0.05) is 11.1 Å². The van der Waals surface area contributed by atoms with Crippen LogP contribution in [-0.4, -0.2) is 12.1 Å². The number of rotatable bonds is 3. The molecule has 1 aromatic carbocycles. The Morgan fingerprint density at radius 3 is 2.76 bits per heavy atom. The molecule has 0 aromatic heterocycles. The zero-order valence-corrected chi connectivity index (χ0v) is 10.8. The molecule has 94 valence electrons. The van der Waals surface area contributed by atoms with Crippen molar-refractivity contribution in [3.8, 4) is 0 Å². The summed E-state index contributed by atoms with van der Waals surface area (Å²) in [5.41, 5.74) is 7.17. The van der Waals surface area contributed by atoms with Gasteiger partial charge in [0.2, 0.25) is 0 Å². The van der Waals surface area contributed by atoms with Crippen molar-refractivity contribution in [1.29, 1.82) is 0 Å². The maximum absolute atomic E-state index is 6.12. The largest absolute Gasteiger partial charge is 0.372 e. The van der Waals surface area contributed by atoms with Crippen LogP contribution in [0.3, 0.4) is 0 Å². The highest BCUT2D eigenvalue weighted by Gasteiger charge is 2.21. The van der Waals surface area contributed by atoms with Gasteiger partial charge in [-0.15, -0.1) is 0 Å². The van der Waals surface area contributed by atoms with Gasteiger partial charge in [0.05, 0.1) is 12.7 Å². The van der Waals surface area contributed by atoms with Crippen LogP contribution in [0, 0.1) is 0 Å². The van der Waals surface area contributed by atoms with E-state index >= 15 is 0 Å². The average Bonchev–Trinajstić information content (AvgIpc) is 2.53. The quantitative estimate of drug-likeness (QED) is 0.837. The first-order valence-electron chi connectivity index (χ1n) is 6.38. The van der Waals surface area contributed by atoms with Crippen LogP contribution in [-0.2, 0) is 11.3 Å². The standard InChI is InChI=1S/C14H20ClNO/c15-12-7-5-4-6-11(12)10-17-14-9-3-1-2-8-13(14)16/h4-7,13-14H,1-3,8-10,16H2. The van der Waals surface area contributed by atoms with Gasteiger partial charge in [-0.1, -0.05) is 49.1 Å². The van der Waals surface area contributed by atoms with Crippen LogP contribution in [0.25, 0.3) is 0 Å². The van der Waals surface area contributed by atoms with E-state index in [1.165, 1.54) is 19.3 Å². The average molecular weight is 254 g/mol. The van der Waals surface area contributed by atoms with Crippen LogP contribution in [0.15, 0.2) is 24.3 Å². The first-order valence-corrected chi connectivity index (χ1v) is 6.76. The molecular weight excluding hydrogens is 234 g/mol. The molecule has 2 atom stereocenters. The third-order valence-corrected chi connectivity index (χ3v) is 3.78. The first kappa shape index (κ1) is 12.9. The second kappa shape index (κ2) is 6.39. The fraction of sp³-hybridized carbons (Fsp3) is 0.571. The molecule has 0 bridgehead atoms. The number of benzene rings is 1. The van der Waals surface area contributed by atoms with Crippen molar-refractivity contribution in [3.05, 3.63) is 34.9 Å². The molecular formula is C14H20ClNO. The van der Waals surface area contributed by atoms with E-state index in [0.29, 0.717) is 6.61 Å². The van der Waals surface area contributed by atoms with E-state index in [2.05, 4.69) is 0 Å². The normalized spacial score (nSPS) is 25.5. The van der Waals surface area contributed by atoms with Gasteiger partial charge in [0.1, 0.15) is 0 Å². The summed E-state index contributed by atoms with van der Waals surface area (Å²) in [6.45, 7) is 0.568. The Morgan fingerprint density at radius 1 is 1.18 bits per heavy atom. The molecule has 0 aliphatic heterocycles. The zero-order valence-electron chi connectivity index (χ0n) is 10.1. The third kappa shape index (κ3) is 3.70. The van der Waals surface area contributed by atoms with Crippen molar-refractivity contribution in [2.45, 2.75) is 50.9 Å². The van der Waals surface area contributed by atoms with E-state index in [4.69, 9.17) is 22.1 Å². The van der Waals surface area contributed by atoms with Gasteiger partial charge in [0.15, 0.2) is 0 Å². The van der Waals surface area contributed by atoms with Gasteiger partial charge in [-0.2, -0.15) is 0 Å². The molecule has 0 spiro atoms. The highest BCUT2D eigenvalue weighted by Crippen LogP contribution is 2.22. The third-order valence-electron chi connectivity index (χ3n) is 3.41. The summed E-state index contributed by atoms with van der Waals surface area (Å²) < 4.78 is 5.93. The Hall–Kier alpha value is -0.570. The van der Waals surface area contributed by atoms with Gasteiger partial charge in [-0.3, -0.25) is 0 Å². The molecule has 0 radical (unpaired) electrons. The van der Waals surface area contributed by atoms with Crippen LogP contribution < -0.4 is 5.73 Å². The van der Waals surface area contributed by atoms with Gasteiger partial charge in [-0.25, -0.2) is 0 Å². The Bertz CT molecular complexity index is 356. The Labute approximate surface area is 108 Å². The summed E-state index contributed by atoms with van der Waals surface area (Å²) in [4.78, 5) is 0. The fourth-order valence-corrected chi connectivity index (χ4v) is 2.51. The molecule has 0 saturated heterocycles. The first-order chi connectivity index (χ1) is 8.27. The van der Waals surface area contributed by atoms with Gasteiger partial charge >= 0.3 is 0 Å². The van der Waals surface area contributed by atoms with Crippen molar-refractivity contribution < 1.29 is 4.74 Å². The highest BCUT2D eigenvalue weighted by atomic mass is 35.5. The molecule has 0 heterocycles. The van der Waals surface area contributed by atoms with Crippen molar-refractivity contribution in [2.75, 3.05) is 0 Å². The lowest BCUT2D eigenvalue weighted by Gasteiger charge is -2.22. The number of halogens is 1. The molecule has 0 amide bonds. The van der Waals surface area contributed by atoms with Crippen molar-refractivity contribution in [2.24, 2.45) is 5.73 Å². The smallest absolute Gasteiger partial charge is 0.0735 e. The lowest BCUT2D eigenvalue weighted by atomic mass is 10.1. The summed E-state index contributed by atoms with van der Waals surface area (Å²) in [7, 11) is 0. The second-order valence-electron chi connectivity index (χ2n) is 4.74. The van der Waals surface area contributed by atoms with Crippen molar-refractivity contribution in [1.82, 2.24) is 0 Å². The number of ether oxygens (including phenoxy) is 1. The second-order valence-corrected chi connectivity index (χ2v) is 5.15. The summed E-state index contributed by atoms with van der Waals surface area (Å²) >= 11 is 6.10. The van der Waals surface area contributed by atoms with E-state index in [-0.39, 0.29) is 12.1 Å². The molecule has 1 fully saturated rings. The topological polar surface area (TPSA) is 35.2 Å². The number of hydrogen-bond donors (Lipinski definition) is 1.